The second-order valence-electron chi connectivity index (χ2n) is 10.6. The number of likely N-dealkylation sites (tertiary alicyclic amines) is 1. The number of fused-ring (bicyclic) bond motifs is 1. The number of nitrogens with zero attached hydrogens (tertiary/aromatic N) is 3. The van der Waals surface area contributed by atoms with Crippen LogP contribution in [0, 0.1) is 11.6 Å². The number of halogens is 2. The summed E-state index contributed by atoms with van der Waals surface area (Å²) in [6, 6.07) is 9.02. The smallest absolute Gasteiger partial charge is 0.258 e. The summed E-state index contributed by atoms with van der Waals surface area (Å²) in [5.41, 5.74) is 2.92. The Kier molecular flexibility index (Phi) is 7.81. The number of hydrogen-bond acceptors (Lipinski definition) is 6. The molecule has 11 nitrogen and oxygen atoms in total. The monoisotopic (exact) mass is 609 g/mol. The summed E-state index contributed by atoms with van der Waals surface area (Å²) >= 11 is 0. The fourth-order valence-electron chi connectivity index (χ4n) is 5.43. The van der Waals surface area contributed by atoms with Gasteiger partial charge in [0.05, 0.1) is 21.7 Å². The molecule has 0 atom stereocenters. The van der Waals surface area contributed by atoms with Gasteiger partial charge in [-0.25, -0.2) is 17.2 Å². The minimum Gasteiger partial charge on any atom is -0.367 e. The lowest BCUT2D eigenvalue weighted by Crippen LogP contribution is -2.36. The van der Waals surface area contributed by atoms with Gasteiger partial charge in [-0.3, -0.25) is 19.6 Å². The van der Waals surface area contributed by atoms with E-state index in [2.05, 4.69) is 30.7 Å². The largest absolute Gasteiger partial charge is 0.367 e. The van der Waals surface area contributed by atoms with Crippen molar-refractivity contribution < 1.29 is 26.8 Å². The Morgan fingerprint density at radius 2 is 1.72 bits per heavy atom. The van der Waals surface area contributed by atoms with Crippen molar-refractivity contribution in [2.24, 2.45) is 0 Å². The highest BCUT2D eigenvalue weighted by molar-refractivity contribution is 7.89. The lowest BCUT2D eigenvalue weighted by atomic mass is 10.1. The number of benzene rings is 2. The van der Waals surface area contributed by atoms with Crippen LogP contribution in [0.4, 0.5) is 20.3 Å². The Labute approximate surface area is 246 Å². The van der Waals surface area contributed by atoms with E-state index in [0.717, 1.165) is 47.9 Å². The minimum atomic E-state index is -4.24. The molecule has 1 saturated heterocycles. The van der Waals surface area contributed by atoms with E-state index in [1.165, 1.54) is 0 Å². The first-order valence-electron chi connectivity index (χ1n) is 13.8. The Hall–Kier alpha value is -4.40. The van der Waals surface area contributed by atoms with Crippen molar-refractivity contribution in [3.8, 4) is 0 Å². The molecule has 2 aliphatic rings. The third-order valence-corrected chi connectivity index (χ3v) is 9.47. The molecule has 2 aromatic heterocycles. The average molecular weight is 610 g/mol. The van der Waals surface area contributed by atoms with Crippen LogP contribution >= 0.6 is 0 Å². The van der Waals surface area contributed by atoms with Gasteiger partial charge in [-0.1, -0.05) is 6.07 Å². The molecule has 224 valence electrons. The van der Waals surface area contributed by atoms with Gasteiger partial charge in [0.15, 0.2) is 5.82 Å². The first-order valence-corrected chi connectivity index (χ1v) is 15.2. The van der Waals surface area contributed by atoms with Crippen molar-refractivity contribution in [1.29, 1.82) is 0 Å². The topological polar surface area (TPSA) is 143 Å². The number of hydrogen-bond donors (Lipinski definition) is 4. The Morgan fingerprint density at radius 3 is 2.44 bits per heavy atom. The fourth-order valence-corrected chi connectivity index (χ4v) is 6.88. The lowest BCUT2D eigenvalue weighted by Gasteiger charge is -2.26. The zero-order valence-corrected chi connectivity index (χ0v) is 23.8. The van der Waals surface area contributed by atoms with Crippen molar-refractivity contribution in [2.45, 2.75) is 37.2 Å². The molecule has 0 bridgehead atoms. The molecule has 0 saturated carbocycles. The Morgan fingerprint density at radius 1 is 0.953 bits per heavy atom. The standard InChI is InChI=1S/C29H29F2N7O4S/c30-20-12-21(31)14-22(13-20)43(41,42)38-10-6-25-24(17-38)27(36-35-25)34-29(40)23-4-3-18(16-37-8-1-2-9-37)11-26(23)33-28(39)19-5-7-32-15-19/h3-5,7,11-15,32H,1-2,6,8-10,16-17H2,(H,33,39)(H2,34,35,36,40). The van der Waals surface area contributed by atoms with Gasteiger partial charge in [0.1, 0.15) is 11.6 Å². The molecular formula is C29H29F2N7O4S. The van der Waals surface area contributed by atoms with Crippen LogP contribution in [0.3, 0.4) is 0 Å². The quantitative estimate of drug-likeness (QED) is 0.239. The second-order valence-corrected chi connectivity index (χ2v) is 12.5. The van der Waals surface area contributed by atoms with Crippen LogP contribution in [0.5, 0.6) is 0 Å². The molecule has 43 heavy (non-hydrogen) atoms. The van der Waals surface area contributed by atoms with Crippen LogP contribution < -0.4 is 10.6 Å². The van der Waals surface area contributed by atoms with Gasteiger partial charge in [0.2, 0.25) is 10.0 Å². The summed E-state index contributed by atoms with van der Waals surface area (Å²) in [5.74, 6) is -2.83. The molecule has 0 aliphatic carbocycles. The molecule has 2 aliphatic heterocycles. The Balaban J connectivity index is 1.25. The Bertz CT molecular complexity index is 1760. The molecule has 2 aromatic carbocycles. The molecule has 4 N–H and O–H groups in total. The summed E-state index contributed by atoms with van der Waals surface area (Å²) in [6.45, 7) is 2.53. The first-order chi connectivity index (χ1) is 20.7. The highest BCUT2D eigenvalue weighted by Crippen LogP contribution is 2.30. The predicted molar refractivity (Wildman–Crippen MR) is 154 cm³/mol. The molecular weight excluding hydrogens is 580 g/mol. The van der Waals surface area contributed by atoms with Crippen LogP contribution in [0.15, 0.2) is 59.8 Å². The van der Waals surface area contributed by atoms with Gasteiger partial charge in [0.25, 0.3) is 11.8 Å². The molecule has 0 spiro atoms. The van der Waals surface area contributed by atoms with Crippen LogP contribution in [0.1, 0.15) is 50.4 Å². The van der Waals surface area contributed by atoms with Crippen LogP contribution in [0.2, 0.25) is 0 Å². The summed E-state index contributed by atoms with van der Waals surface area (Å²) in [7, 11) is -4.24. The molecule has 1 fully saturated rings. The molecule has 2 amide bonds. The summed E-state index contributed by atoms with van der Waals surface area (Å²) in [4.78, 5) is 31.1. The van der Waals surface area contributed by atoms with E-state index in [9.17, 15) is 26.8 Å². The molecule has 0 radical (unpaired) electrons. The highest BCUT2D eigenvalue weighted by atomic mass is 32.2. The van der Waals surface area contributed by atoms with E-state index in [4.69, 9.17) is 0 Å². The van der Waals surface area contributed by atoms with Crippen LogP contribution in [-0.4, -0.2) is 64.3 Å². The predicted octanol–water partition coefficient (Wildman–Crippen LogP) is 3.86. The third kappa shape index (κ3) is 6.07. The summed E-state index contributed by atoms with van der Waals surface area (Å²) < 4.78 is 55.1. The van der Waals surface area contributed by atoms with Gasteiger partial charge < -0.3 is 15.6 Å². The maximum atomic E-state index is 13.8. The number of carbonyl (C=O) groups is 2. The van der Waals surface area contributed by atoms with Crippen LogP contribution in [0.25, 0.3) is 0 Å². The second kappa shape index (κ2) is 11.7. The maximum Gasteiger partial charge on any atom is 0.258 e. The molecule has 0 unspecified atom stereocenters. The highest BCUT2D eigenvalue weighted by Gasteiger charge is 2.32. The molecule has 4 heterocycles. The van der Waals surface area contributed by atoms with Crippen LogP contribution in [-0.2, 0) is 29.5 Å². The number of sulfonamides is 1. The summed E-state index contributed by atoms with van der Waals surface area (Å²) in [5, 5.41) is 12.6. The van der Waals surface area contributed by atoms with Gasteiger partial charge >= 0.3 is 0 Å². The molecule has 6 rings (SSSR count). The average Bonchev–Trinajstić information content (AvgIpc) is 3.76. The number of aromatic amines is 2. The van der Waals surface area contributed by atoms with Crippen molar-refractivity contribution in [1.82, 2.24) is 24.4 Å². The number of carbonyl (C=O) groups excluding carboxylic acids is 2. The van der Waals surface area contributed by atoms with Crippen molar-refractivity contribution in [2.75, 3.05) is 30.3 Å². The number of rotatable bonds is 8. The zero-order chi connectivity index (χ0) is 30.1. The number of nitrogens with one attached hydrogen (secondary N) is 4. The fraction of sp³-hybridized carbons (Fsp3) is 0.276. The van der Waals surface area contributed by atoms with Crippen molar-refractivity contribution >= 4 is 33.3 Å². The summed E-state index contributed by atoms with van der Waals surface area (Å²) in [6.07, 6.45) is 5.68. The molecule has 4 aromatic rings. The number of aromatic nitrogens is 3. The van der Waals surface area contributed by atoms with Crippen molar-refractivity contribution in [3.63, 3.8) is 0 Å². The van der Waals surface area contributed by atoms with Gasteiger partial charge in [-0.05, 0) is 61.8 Å². The normalized spacial score (nSPS) is 15.8. The van der Waals surface area contributed by atoms with Crippen molar-refractivity contribution in [3.05, 3.63) is 94.4 Å². The van der Waals surface area contributed by atoms with Gasteiger partial charge in [0, 0.05) is 55.8 Å². The lowest BCUT2D eigenvalue weighted by molar-refractivity contribution is 0.102. The van der Waals surface area contributed by atoms with E-state index in [-0.39, 0.29) is 36.8 Å². The van der Waals surface area contributed by atoms with E-state index < -0.39 is 32.5 Å². The van der Waals surface area contributed by atoms with E-state index in [0.29, 0.717) is 35.1 Å². The molecule has 14 heteroatoms. The minimum absolute atomic E-state index is 0.0524. The number of H-pyrrole nitrogens is 2. The van der Waals surface area contributed by atoms with E-state index in [1.807, 2.05) is 6.07 Å². The van der Waals surface area contributed by atoms with Gasteiger partial charge in [-0.15, -0.1) is 0 Å². The van der Waals surface area contributed by atoms with Gasteiger partial charge in [-0.2, -0.15) is 9.40 Å². The first kappa shape index (κ1) is 28.7. The maximum absolute atomic E-state index is 13.8. The SMILES string of the molecule is O=C(Nc1cc(CN2CCCC2)ccc1C(=O)Nc1n[nH]c2c1CN(S(=O)(=O)c1cc(F)cc(F)c1)CC2)c1cc[nH]c1. The number of amides is 2. The van der Waals surface area contributed by atoms with E-state index in [1.54, 1.807) is 30.6 Å². The zero-order valence-electron chi connectivity index (χ0n) is 23.0. The van der Waals surface area contributed by atoms with E-state index >= 15 is 0 Å². The number of anilines is 2. The third-order valence-electron chi connectivity index (χ3n) is 7.65.